The van der Waals surface area contributed by atoms with Gasteiger partial charge in [-0.25, -0.2) is 13.2 Å². The van der Waals surface area contributed by atoms with E-state index in [4.69, 9.17) is 5.11 Å². The second-order valence-electron chi connectivity index (χ2n) is 8.58. The van der Waals surface area contributed by atoms with Crippen LogP contribution in [0.5, 0.6) is 5.75 Å². The molecule has 1 aliphatic heterocycles. The summed E-state index contributed by atoms with van der Waals surface area (Å²) in [6, 6.07) is 11.2. The zero-order valence-electron chi connectivity index (χ0n) is 19.8. The molecule has 0 aliphatic carbocycles. The Morgan fingerprint density at radius 1 is 1.11 bits per heavy atom. The van der Waals surface area contributed by atoms with Gasteiger partial charge >= 0.3 is 12.0 Å². The fourth-order valence-corrected chi connectivity index (χ4v) is 4.43. The number of aliphatic hydroxyl groups is 1. The number of urea groups is 1. The van der Waals surface area contributed by atoms with Crippen LogP contribution in [0.3, 0.4) is 0 Å². The number of carbonyl (C=O) groups excluding carboxylic acids is 1. The van der Waals surface area contributed by atoms with Gasteiger partial charge in [-0.1, -0.05) is 6.07 Å². The van der Waals surface area contributed by atoms with Crippen molar-refractivity contribution in [3.05, 3.63) is 48.0 Å². The van der Waals surface area contributed by atoms with Crippen molar-refractivity contribution in [1.82, 2.24) is 10.6 Å². The highest BCUT2D eigenvalue weighted by molar-refractivity contribution is 7.92. The number of phenolic OH excluding ortho intramolecular Hbond substituents is 1. The summed E-state index contributed by atoms with van der Waals surface area (Å²) < 4.78 is 25.2. The van der Waals surface area contributed by atoms with E-state index in [9.17, 15) is 28.2 Å². The molecule has 1 aliphatic rings. The van der Waals surface area contributed by atoms with Gasteiger partial charge in [-0.05, 0) is 54.8 Å². The number of aliphatic carboxylic acids is 1. The first-order valence-electron chi connectivity index (χ1n) is 11.3. The maximum absolute atomic E-state index is 11.7. The molecule has 196 valence electrons. The van der Waals surface area contributed by atoms with Gasteiger partial charge < -0.3 is 36.2 Å². The van der Waals surface area contributed by atoms with Crippen LogP contribution in [0, 0.1) is 0 Å². The number of benzene rings is 2. The Balaban J connectivity index is 1.45. The monoisotopic (exact) mass is 521 g/mol. The van der Waals surface area contributed by atoms with Gasteiger partial charge in [-0.2, -0.15) is 0 Å². The SMILES string of the molecule is CS(=O)(=O)Nc1cc([C@H](O)CNC2CCN(c3ccc(NC(=O)NCC(=O)O)cc3)CC2)ccc1O. The van der Waals surface area contributed by atoms with E-state index in [1.54, 1.807) is 18.2 Å². The molecule has 0 aromatic heterocycles. The average Bonchev–Trinajstić information content (AvgIpc) is 2.82. The van der Waals surface area contributed by atoms with E-state index in [0.29, 0.717) is 11.3 Å². The smallest absolute Gasteiger partial charge is 0.323 e. The van der Waals surface area contributed by atoms with Crippen molar-refractivity contribution in [2.45, 2.75) is 25.0 Å². The van der Waals surface area contributed by atoms with E-state index in [2.05, 4.69) is 25.6 Å². The quantitative estimate of drug-likeness (QED) is 0.227. The lowest BCUT2D eigenvalue weighted by Gasteiger charge is -2.34. The zero-order chi connectivity index (χ0) is 26.3. The van der Waals surface area contributed by atoms with Gasteiger partial charge in [0.15, 0.2) is 0 Å². The van der Waals surface area contributed by atoms with Crippen molar-refractivity contribution < 1.29 is 33.3 Å². The first-order valence-corrected chi connectivity index (χ1v) is 13.2. The Morgan fingerprint density at radius 3 is 2.39 bits per heavy atom. The van der Waals surface area contributed by atoms with Crippen LogP contribution >= 0.6 is 0 Å². The van der Waals surface area contributed by atoms with Gasteiger partial charge in [0.05, 0.1) is 18.0 Å². The highest BCUT2D eigenvalue weighted by Crippen LogP contribution is 2.28. The molecule has 2 aromatic carbocycles. The van der Waals surface area contributed by atoms with Crippen LogP contribution in [0.2, 0.25) is 0 Å². The van der Waals surface area contributed by atoms with Gasteiger partial charge in [0.1, 0.15) is 12.3 Å². The van der Waals surface area contributed by atoms with E-state index < -0.39 is 34.7 Å². The van der Waals surface area contributed by atoms with Crippen molar-refractivity contribution >= 4 is 39.1 Å². The summed E-state index contributed by atoms with van der Waals surface area (Å²) in [6.07, 6.45) is 1.80. The second kappa shape index (κ2) is 11.9. The van der Waals surface area contributed by atoms with Crippen molar-refractivity contribution in [3.63, 3.8) is 0 Å². The molecule has 36 heavy (non-hydrogen) atoms. The van der Waals surface area contributed by atoms with E-state index in [0.717, 1.165) is 37.9 Å². The van der Waals surface area contributed by atoms with Crippen LogP contribution in [0.15, 0.2) is 42.5 Å². The fourth-order valence-electron chi connectivity index (χ4n) is 3.87. The number of carboxylic acid groups (broad SMARTS) is 1. The van der Waals surface area contributed by atoms with Crippen LogP contribution in [0.4, 0.5) is 21.9 Å². The van der Waals surface area contributed by atoms with Gasteiger partial charge in [0.2, 0.25) is 10.0 Å². The molecule has 2 aromatic rings. The van der Waals surface area contributed by atoms with E-state index in [-0.39, 0.29) is 24.0 Å². The third-order valence-corrected chi connectivity index (χ3v) is 6.28. The van der Waals surface area contributed by atoms with Crippen molar-refractivity contribution in [2.24, 2.45) is 0 Å². The summed E-state index contributed by atoms with van der Waals surface area (Å²) in [4.78, 5) is 24.4. The van der Waals surface area contributed by atoms with Gasteiger partial charge in [-0.3, -0.25) is 9.52 Å². The van der Waals surface area contributed by atoms with Crippen LogP contribution in [-0.4, -0.2) is 74.2 Å². The van der Waals surface area contributed by atoms with E-state index in [1.165, 1.54) is 12.1 Å². The fraction of sp³-hybridized carbons (Fsp3) is 0.391. The number of carbonyl (C=O) groups is 2. The van der Waals surface area contributed by atoms with Crippen molar-refractivity contribution in [3.8, 4) is 5.75 Å². The number of sulfonamides is 1. The highest BCUT2D eigenvalue weighted by Gasteiger charge is 2.21. The number of hydrogen-bond donors (Lipinski definition) is 7. The van der Waals surface area contributed by atoms with E-state index >= 15 is 0 Å². The number of rotatable bonds is 10. The third kappa shape index (κ3) is 8.29. The molecule has 1 heterocycles. The molecular formula is C23H31N5O7S. The number of piperidine rings is 1. The number of carboxylic acids is 1. The minimum absolute atomic E-state index is 0.0180. The maximum Gasteiger partial charge on any atom is 0.323 e. The minimum Gasteiger partial charge on any atom is -0.506 e. The number of aromatic hydroxyl groups is 1. The largest absolute Gasteiger partial charge is 0.506 e. The number of hydrogen-bond acceptors (Lipinski definition) is 8. The molecule has 0 radical (unpaired) electrons. The summed E-state index contributed by atoms with van der Waals surface area (Å²) in [7, 11) is -3.57. The lowest BCUT2D eigenvalue weighted by atomic mass is 10.0. The molecule has 7 N–H and O–H groups in total. The average molecular weight is 522 g/mol. The van der Waals surface area contributed by atoms with Crippen LogP contribution in [0.1, 0.15) is 24.5 Å². The molecule has 1 fully saturated rings. The lowest BCUT2D eigenvalue weighted by Crippen LogP contribution is -2.43. The Kier molecular flexibility index (Phi) is 8.96. The van der Waals surface area contributed by atoms with Gasteiger partial charge in [0.25, 0.3) is 0 Å². The Morgan fingerprint density at radius 2 is 1.78 bits per heavy atom. The maximum atomic E-state index is 11.7. The van der Waals surface area contributed by atoms with Crippen LogP contribution in [-0.2, 0) is 14.8 Å². The molecule has 0 spiro atoms. The third-order valence-electron chi connectivity index (χ3n) is 5.69. The molecule has 3 rings (SSSR count). The predicted octanol–water partition coefficient (Wildman–Crippen LogP) is 1.26. The lowest BCUT2D eigenvalue weighted by molar-refractivity contribution is -0.135. The van der Waals surface area contributed by atoms with Gasteiger partial charge in [0, 0.05) is 37.1 Å². The molecule has 0 saturated carbocycles. The highest BCUT2D eigenvalue weighted by atomic mass is 32.2. The summed E-state index contributed by atoms with van der Waals surface area (Å²) >= 11 is 0. The molecule has 1 saturated heterocycles. The molecule has 0 unspecified atom stereocenters. The van der Waals surface area contributed by atoms with Crippen LogP contribution in [0.25, 0.3) is 0 Å². The number of aliphatic hydroxyl groups excluding tert-OH is 1. The molecule has 12 nitrogen and oxygen atoms in total. The van der Waals surface area contributed by atoms with Gasteiger partial charge in [-0.15, -0.1) is 0 Å². The molecule has 2 amide bonds. The number of amides is 2. The number of anilines is 3. The summed E-state index contributed by atoms with van der Waals surface area (Å²) in [5, 5.41) is 37.2. The van der Waals surface area contributed by atoms with Crippen molar-refractivity contribution in [1.29, 1.82) is 0 Å². The summed E-state index contributed by atoms with van der Waals surface area (Å²) in [5.74, 6) is -1.34. The Bertz CT molecular complexity index is 1170. The normalized spacial score (nSPS) is 15.2. The predicted molar refractivity (Wildman–Crippen MR) is 136 cm³/mol. The topological polar surface area (TPSA) is 180 Å². The molecular weight excluding hydrogens is 490 g/mol. The Labute approximate surface area is 209 Å². The molecule has 13 heteroatoms. The first kappa shape index (κ1) is 27.0. The number of nitrogens with zero attached hydrogens (tertiary/aromatic N) is 1. The first-order chi connectivity index (χ1) is 17.0. The van der Waals surface area contributed by atoms with E-state index in [1.807, 2.05) is 12.1 Å². The second-order valence-corrected chi connectivity index (χ2v) is 10.3. The molecule has 0 bridgehead atoms. The number of nitrogens with one attached hydrogen (secondary N) is 4. The molecule has 1 atom stereocenters. The Hall–Kier alpha value is -3.55. The van der Waals surface area contributed by atoms with Crippen molar-refractivity contribution in [2.75, 3.05) is 47.4 Å². The number of phenols is 1. The summed E-state index contributed by atoms with van der Waals surface area (Å²) in [6.45, 7) is 1.40. The zero-order valence-corrected chi connectivity index (χ0v) is 20.6. The summed E-state index contributed by atoms with van der Waals surface area (Å²) in [5.41, 5.74) is 2.05. The minimum atomic E-state index is -3.57. The standard InChI is InChI=1S/C23H31N5O7S/c1-36(34,35)27-19-12-15(2-7-20(19)29)21(30)13-24-16-8-10-28(11-9-16)18-5-3-17(4-6-18)26-23(33)25-14-22(31)32/h2-7,12,16,21,24,27,29-30H,8-11,13-14H2,1H3,(H,31,32)(H2,25,26,33)/t21-/m1/s1. The van der Waals surface area contributed by atoms with Crippen LogP contribution < -0.4 is 25.6 Å².